The molecule has 7 heteroatoms. The van der Waals surface area contributed by atoms with E-state index in [0.717, 1.165) is 5.56 Å². The first-order chi connectivity index (χ1) is 9.99. The highest BCUT2D eigenvalue weighted by atomic mass is 35.5. The number of thiophene rings is 1. The molecule has 1 heterocycles. The lowest BCUT2D eigenvalue weighted by Gasteiger charge is -2.11. The Morgan fingerprint density at radius 3 is 2.71 bits per heavy atom. The van der Waals surface area contributed by atoms with E-state index in [2.05, 4.69) is 5.32 Å². The number of benzene rings is 1. The Labute approximate surface area is 135 Å². The molecule has 0 bridgehead atoms. The van der Waals surface area contributed by atoms with Crippen LogP contribution in [0.4, 0.5) is 5.69 Å². The average molecular weight is 344 g/mol. The van der Waals surface area contributed by atoms with Crippen molar-refractivity contribution in [3.05, 3.63) is 50.1 Å². The van der Waals surface area contributed by atoms with E-state index in [0.29, 0.717) is 20.6 Å². The summed E-state index contributed by atoms with van der Waals surface area (Å²) in [5, 5.41) is 4.98. The number of rotatable bonds is 4. The van der Waals surface area contributed by atoms with Crippen LogP contribution in [0, 0.1) is 6.92 Å². The summed E-state index contributed by atoms with van der Waals surface area (Å²) in [6.45, 7) is 1.39. The van der Waals surface area contributed by atoms with E-state index in [1.807, 2.05) is 0 Å². The molecule has 4 nitrogen and oxygen atoms in total. The zero-order valence-corrected chi connectivity index (χ0v) is 13.3. The fraction of sp³-hybridized carbons (Fsp3) is 0.143. The van der Waals surface area contributed by atoms with Crippen LogP contribution >= 0.6 is 34.5 Å². The van der Waals surface area contributed by atoms with Crippen molar-refractivity contribution in [2.75, 3.05) is 11.9 Å². The quantitative estimate of drug-likeness (QED) is 0.848. The monoisotopic (exact) mass is 343 g/mol. The topological polar surface area (TPSA) is 55.4 Å². The van der Waals surface area contributed by atoms with E-state index in [4.69, 9.17) is 27.9 Å². The molecular formula is C14H11Cl2NO3S. The smallest absolute Gasteiger partial charge is 0.348 e. The summed E-state index contributed by atoms with van der Waals surface area (Å²) in [5.74, 6) is -1.05. The molecule has 0 aliphatic carbocycles. The lowest BCUT2D eigenvalue weighted by Crippen LogP contribution is -2.21. The summed E-state index contributed by atoms with van der Waals surface area (Å²) in [4.78, 5) is 23.8. The van der Waals surface area contributed by atoms with Crippen LogP contribution in [-0.4, -0.2) is 18.5 Å². The minimum atomic E-state index is -0.540. The molecule has 110 valence electrons. The number of hydrogen-bond acceptors (Lipinski definition) is 4. The van der Waals surface area contributed by atoms with Crippen LogP contribution in [0.25, 0.3) is 0 Å². The van der Waals surface area contributed by atoms with Crippen molar-refractivity contribution < 1.29 is 14.3 Å². The molecule has 2 rings (SSSR count). The van der Waals surface area contributed by atoms with Crippen molar-refractivity contribution in [2.45, 2.75) is 6.92 Å². The number of anilines is 1. The Morgan fingerprint density at radius 1 is 1.29 bits per heavy atom. The van der Waals surface area contributed by atoms with Crippen LogP contribution in [0.1, 0.15) is 15.2 Å². The van der Waals surface area contributed by atoms with Gasteiger partial charge >= 0.3 is 5.97 Å². The molecular weight excluding hydrogens is 333 g/mol. The van der Waals surface area contributed by atoms with E-state index >= 15 is 0 Å². The highest BCUT2D eigenvalue weighted by Crippen LogP contribution is 2.32. The van der Waals surface area contributed by atoms with Gasteiger partial charge < -0.3 is 10.1 Å². The second-order valence-electron chi connectivity index (χ2n) is 4.15. The largest absolute Gasteiger partial charge is 0.451 e. The van der Waals surface area contributed by atoms with Crippen molar-refractivity contribution >= 4 is 52.1 Å². The second kappa shape index (κ2) is 6.93. The Morgan fingerprint density at radius 2 is 2.05 bits per heavy atom. The van der Waals surface area contributed by atoms with Gasteiger partial charge in [-0.3, -0.25) is 4.79 Å². The summed E-state index contributed by atoms with van der Waals surface area (Å²) in [7, 11) is 0. The van der Waals surface area contributed by atoms with Gasteiger partial charge in [0.25, 0.3) is 5.91 Å². The molecule has 0 saturated carbocycles. The van der Waals surface area contributed by atoms with Crippen LogP contribution in [0.5, 0.6) is 0 Å². The van der Waals surface area contributed by atoms with Gasteiger partial charge in [-0.2, -0.15) is 0 Å². The number of nitrogens with one attached hydrogen (secondary N) is 1. The molecule has 0 aliphatic heterocycles. The first-order valence-corrected chi connectivity index (χ1v) is 7.57. The number of hydrogen-bond donors (Lipinski definition) is 1. The number of carbonyl (C=O) groups is 2. The number of carbonyl (C=O) groups excluding carboxylic acids is 2. The lowest BCUT2D eigenvalue weighted by molar-refractivity contribution is -0.119. The predicted octanol–water partition coefficient (Wildman–Crippen LogP) is 4.16. The lowest BCUT2D eigenvalue weighted by atomic mass is 10.2. The number of amides is 1. The summed E-state index contributed by atoms with van der Waals surface area (Å²) < 4.78 is 4.90. The van der Waals surface area contributed by atoms with Gasteiger partial charge in [0.1, 0.15) is 4.88 Å². The van der Waals surface area contributed by atoms with Gasteiger partial charge in [-0.05, 0) is 30.0 Å². The Kier molecular flexibility index (Phi) is 5.22. The number of aryl methyl sites for hydroxylation is 1. The first kappa shape index (κ1) is 15.8. The summed E-state index contributed by atoms with van der Waals surface area (Å²) >= 11 is 13.3. The predicted molar refractivity (Wildman–Crippen MR) is 84.4 cm³/mol. The highest BCUT2D eigenvalue weighted by molar-refractivity contribution is 7.11. The van der Waals surface area contributed by atoms with Crippen molar-refractivity contribution in [1.82, 2.24) is 0 Å². The van der Waals surface area contributed by atoms with E-state index in [-0.39, 0.29) is 0 Å². The number of ether oxygens (including phenoxy) is 1. The maximum Gasteiger partial charge on any atom is 0.348 e. The van der Waals surface area contributed by atoms with Crippen molar-refractivity contribution in [3.8, 4) is 0 Å². The average Bonchev–Trinajstić information content (AvgIpc) is 2.99. The van der Waals surface area contributed by atoms with E-state index < -0.39 is 18.5 Å². The van der Waals surface area contributed by atoms with E-state index in [9.17, 15) is 9.59 Å². The van der Waals surface area contributed by atoms with Gasteiger partial charge in [0.05, 0.1) is 15.7 Å². The molecule has 0 aliphatic rings. The zero-order chi connectivity index (χ0) is 15.4. The van der Waals surface area contributed by atoms with Crippen LogP contribution in [-0.2, 0) is 9.53 Å². The van der Waals surface area contributed by atoms with Gasteiger partial charge in [0.2, 0.25) is 0 Å². The molecule has 1 amide bonds. The Hall–Kier alpha value is -1.56. The third-order valence-electron chi connectivity index (χ3n) is 2.61. The maximum absolute atomic E-state index is 11.8. The van der Waals surface area contributed by atoms with Gasteiger partial charge in [0, 0.05) is 0 Å². The Bertz CT molecular complexity index is 671. The summed E-state index contributed by atoms with van der Waals surface area (Å²) in [6.07, 6.45) is 0. The van der Waals surface area contributed by atoms with Crippen molar-refractivity contribution in [1.29, 1.82) is 0 Å². The fourth-order valence-corrected chi connectivity index (χ4v) is 2.62. The number of esters is 1. The van der Waals surface area contributed by atoms with Crippen LogP contribution in [0.15, 0.2) is 29.6 Å². The third kappa shape index (κ3) is 3.97. The Balaban J connectivity index is 1.97. The molecule has 21 heavy (non-hydrogen) atoms. The molecule has 0 unspecified atom stereocenters. The summed E-state index contributed by atoms with van der Waals surface area (Å²) in [5.41, 5.74) is 1.10. The molecule has 0 radical (unpaired) electrons. The SMILES string of the molecule is Cc1ccc(Cl)c(NC(=O)COC(=O)c2cccs2)c1Cl. The number of halogens is 2. The van der Waals surface area contributed by atoms with Gasteiger partial charge in [-0.15, -0.1) is 11.3 Å². The van der Waals surface area contributed by atoms with Crippen molar-refractivity contribution in [2.24, 2.45) is 0 Å². The normalized spacial score (nSPS) is 10.2. The van der Waals surface area contributed by atoms with Crippen LogP contribution < -0.4 is 5.32 Å². The molecule has 1 N–H and O–H groups in total. The fourth-order valence-electron chi connectivity index (χ4n) is 1.54. The van der Waals surface area contributed by atoms with Crippen molar-refractivity contribution in [3.63, 3.8) is 0 Å². The third-order valence-corrected chi connectivity index (χ3v) is 4.26. The molecule has 0 spiro atoms. The summed E-state index contributed by atoms with van der Waals surface area (Å²) in [6, 6.07) is 6.74. The maximum atomic E-state index is 11.8. The molecule has 0 atom stereocenters. The minimum absolute atomic E-state index is 0.315. The van der Waals surface area contributed by atoms with Gasteiger partial charge in [-0.25, -0.2) is 4.79 Å². The zero-order valence-electron chi connectivity index (χ0n) is 11.0. The first-order valence-electron chi connectivity index (χ1n) is 5.94. The van der Waals surface area contributed by atoms with Gasteiger partial charge in [0.15, 0.2) is 6.61 Å². The molecule has 2 aromatic rings. The standard InChI is InChI=1S/C14H11Cl2NO3S/c1-8-4-5-9(15)13(12(8)16)17-11(18)7-20-14(19)10-3-2-6-21-10/h2-6H,7H2,1H3,(H,17,18). The second-order valence-corrected chi connectivity index (χ2v) is 5.89. The molecule has 0 fully saturated rings. The van der Waals surface area contributed by atoms with Crippen LogP contribution in [0.3, 0.4) is 0 Å². The molecule has 1 aromatic carbocycles. The van der Waals surface area contributed by atoms with E-state index in [1.54, 1.807) is 36.6 Å². The minimum Gasteiger partial charge on any atom is -0.451 e. The van der Waals surface area contributed by atoms with E-state index in [1.165, 1.54) is 11.3 Å². The molecule has 0 saturated heterocycles. The van der Waals surface area contributed by atoms with Gasteiger partial charge in [-0.1, -0.05) is 35.3 Å². The highest BCUT2D eigenvalue weighted by Gasteiger charge is 2.14. The molecule has 1 aromatic heterocycles. The van der Waals surface area contributed by atoms with Crippen LogP contribution in [0.2, 0.25) is 10.0 Å².